The SMILES string of the molecule is COc1ccc2cc(-n3nc(-c4cc(Cl)cc(Cl)c4)cc3Oc3ccc(C(=O)OC(C)(C)C)cc3)ccc2c1. The van der Waals surface area contributed by atoms with E-state index in [1.54, 1.807) is 54.3 Å². The van der Waals surface area contributed by atoms with Gasteiger partial charge in [-0.2, -0.15) is 5.10 Å². The highest BCUT2D eigenvalue weighted by Crippen LogP contribution is 2.34. The molecular formula is C31H26Cl2N2O4. The lowest BCUT2D eigenvalue weighted by atomic mass is 10.1. The van der Waals surface area contributed by atoms with Crippen LogP contribution >= 0.6 is 23.2 Å². The molecule has 8 heteroatoms. The fraction of sp³-hybridized carbons (Fsp3) is 0.161. The van der Waals surface area contributed by atoms with Crippen LogP contribution in [0.3, 0.4) is 0 Å². The van der Waals surface area contributed by atoms with Crippen LogP contribution in [0.25, 0.3) is 27.7 Å². The lowest BCUT2D eigenvalue weighted by molar-refractivity contribution is 0.00695. The van der Waals surface area contributed by atoms with E-state index in [0.29, 0.717) is 32.9 Å². The minimum atomic E-state index is -0.580. The van der Waals surface area contributed by atoms with Gasteiger partial charge < -0.3 is 14.2 Å². The summed E-state index contributed by atoms with van der Waals surface area (Å²) in [5.74, 6) is 1.39. The summed E-state index contributed by atoms with van der Waals surface area (Å²) in [6.07, 6.45) is 0. The van der Waals surface area contributed by atoms with Crippen molar-refractivity contribution in [3.8, 4) is 34.3 Å². The van der Waals surface area contributed by atoms with Gasteiger partial charge >= 0.3 is 5.97 Å². The normalized spacial score (nSPS) is 11.4. The highest BCUT2D eigenvalue weighted by atomic mass is 35.5. The molecule has 0 fully saturated rings. The van der Waals surface area contributed by atoms with Gasteiger partial charge in [-0.1, -0.05) is 35.3 Å². The second-order valence-corrected chi connectivity index (χ2v) is 10.8. The summed E-state index contributed by atoms with van der Waals surface area (Å²) >= 11 is 12.5. The summed E-state index contributed by atoms with van der Waals surface area (Å²) in [4.78, 5) is 12.4. The first-order chi connectivity index (χ1) is 18.6. The van der Waals surface area contributed by atoms with Gasteiger partial charge in [0.1, 0.15) is 17.1 Å². The first-order valence-corrected chi connectivity index (χ1v) is 13.0. The fourth-order valence-corrected chi connectivity index (χ4v) is 4.58. The average Bonchev–Trinajstić information content (AvgIpc) is 3.30. The molecule has 0 aliphatic heterocycles. The van der Waals surface area contributed by atoms with Crippen LogP contribution in [0.15, 0.2) is 84.9 Å². The maximum Gasteiger partial charge on any atom is 0.338 e. The summed E-state index contributed by atoms with van der Waals surface area (Å²) in [6.45, 7) is 5.49. The molecule has 4 aromatic carbocycles. The number of halogens is 2. The van der Waals surface area contributed by atoms with Gasteiger partial charge in [0.25, 0.3) is 0 Å². The molecule has 0 aliphatic rings. The molecule has 0 saturated heterocycles. The molecule has 0 saturated carbocycles. The summed E-state index contributed by atoms with van der Waals surface area (Å²) in [7, 11) is 1.65. The number of esters is 1. The third-order valence-corrected chi connectivity index (χ3v) is 6.26. The Bertz CT molecular complexity index is 1650. The fourth-order valence-electron chi connectivity index (χ4n) is 4.05. The first kappa shape index (κ1) is 26.6. The van der Waals surface area contributed by atoms with Gasteiger partial charge in [0, 0.05) is 21.7 Å². The number of hydrogen-bond acceptors (Lipinski definition) is 5. The zero-order valence-corrected chi connectivity index (χ0v) is 23.4. The van der Waals surface area contributed by atoms with Gasteiger partial charge in [-0.25, -0.2) is 9.48 Å². The molecule has 0 unspecified atom stereocenters. The molecular weight excluding hydrogens is 535 g/mol. The number of benzene rings is 4. The zero-order valence-electron chi connectivity index (χ0n) is 21.9. The van der Waals surface area contributed by atoms with Gasteiger partial charge in [0.15, 0.2) is 0 Å². The van der Waals surface area contributed by atoms with E-state index >= 15 is 0 Å². The number of fused-ring (bicyclic) bond motifs is 1. The number of ether oxygens (including phenoxy) is 3. The first-order valence-electron chi connectivity index (χ1n) is 12.2. The second-order valence-electron chi connectivity index (χ2n) is 9.96. The number of methoxy groups -OCH3 is 1. The molecule has 198 valence electrons. The molecule has 6 nitrogen and oxygen atoms in total. The van der Waals surface area contributed by atoms with Crippen LogP contribution in [0.4, 0.5) is 0 Å². The molecule has 5 aromatic rings. The Labute approximate surface area is 236 Å². The van der Waals surface area contributed by atoms with Gasteiger partial charge in [-0.15, -0.1) is 0 Å². The monoisotopic (exact) mass is 560 g/mol. The van der Waals surface area contributed by atoms with Crippen LogP contribution in [0.2, 0.25) is 10.0 Å². The van der Waals surface area contributed by atoms with Crippen LogP contribution in [0.5, 0.6) is 17.4 Å². The maximum absolute atomic E-state index is 12.4. The van der Waals surface area contributed by atoms with Crippen molar-refractivity contribution in [3.63, 3.8) is 0 Å². The van der Waals surface area contributed by atoms with E-state index in [-0.39, 0.29) is 0 Å². The van der Waals surface area contributed by atoms with E-state index in [1.165, 1.54) is 0 Å². The molecule has 39 heavy (non-hydrogen) atoms. The van der Waals surface area contributed by atoms with Crippen LogP contribution < -0.4 is 9.47 Å². The predicted molar refractivity (Wildman–Crippen MR) is 155 cm³/mol. The highest BCUT2D eigenvalue weighted by molar-refractivity contribution is 6.35. The Hall–Kier alpha value is -4.00. The zero-order chi connectivity index (χ0) is 27.7. The highest BCUT2D eigenvalue weighted by Gasteiger charge is 2.19. The van der Waals surface area contributed by atoms with Gasteiger partial charge in [-0.05, 0) is 98.3 Å². The molecule has 5 rings (SSSR count). The number of rotatable bonds is 6. The molecule has 0 bridgehead atoms. The van der Waals surface area contributed by atoms with Crippen molar-refractivity contribution in [2.75, 3.05) is 7.11 Å². The molecule has 0 amide bonds. The molecule has 1 heterocycles. The van der Waals surface area contributed by atoms with Crippen molar-refractivity contribution in [3.05, 3.63) is 101 Å². The van der Waals surface area contributed by atoms with E-state index in [0.717, 1.165) is 27.8 Å². The lowest BCUT2D eigenvalue weighted by Crippen LogP contribution is -2.23. The van der Waals surface area contributed by atoms with Gasteiger partial charge in [0.05, 0.1) is 24.1 Å². The number of carbonyl (C=O) groups is 1. The van der Waals surface area contributed by atoms with E-state index < -0.39 is 11.6 Å². The van der Waals surface area contributed by atoms with Crippen molar-refractivity contribution in [1.29, 1.82) is 0 Å². The molecule has 0 radical (unpaired) electrons. The number of aromatic nitrogens is 2. The standard InChI is InChI=1S/C31H26Cl2N2O4/c1-31(2,3)39-30(36)19-6-10-26(11-7-19)38-29-18-28(22-13-23(32)17-24(33)14-22)34-35(29)25-9-5-21-16-27(37-4)12-8-20(21)15-25/h5-18H,1-4H3. The Morgan fingerprint density at radius 2 is 1.44 bits per heavy atom. The third-order valence-electron chi connectivity index (χ3n) is 5.82. The maximum atomic E-state index is 12.4. The van der Waals surface area contributed by atoms with Gasteiger partial charge in [0.2, 0.25) is 5.88 Å². The number of carbonyl (C=O) groups excluding carboxylic acids is 1. The van der Waals surface area contributed by atoms with Crippen LogP contribution in [-0.2, 0) is 4.74 Å². The molecule has 0 spiro atoms. The van der Waals surface area contributed by atoms with Crippen molar-refractivity contribution in [1.82, 2.24) is 9.78 Å². The van der Waals surface area contributed by atoms with Crippen molar-refractivity contribution < 1.29 is 19.0 Å². The minimum absolute atomic E-state index is 0.396. The Morgan fingerprint density at radius 1 is 0.795 bits per heavy atom. The summed E-state index contributed by atoms with van der Waals surface area (Å²) in [6, 6.07) is 25.7. The number of hydrogen-bond donors (Lipinski definition) is 0. The quantitative estimate of drug-likeness (QED) is 0.194. The molecule has 1 aromatic heterocycles. The average molecular weight is 561 g/mol. The predicted octanol–water partition coefficient (Wildman–Crippen LogP) is 8.76. The van der Waals surface area contributed by atoms with Crippen LogP contribution in [0.1, 0.15) is 31.1 Å². The van der Waals surface area contributed by atoms with E-state index in [1.807, 2.05) is 63.2 Å². The van der Waals surface area contributed by atoms with Crippen LogP contribution in [0, 0.1) is 0 Å². The molecule has 0 aliphatic carbocycles. The van der Waals surface area contributed by atoms with E-state index in [4.69, 9.17) is 42.5 Å². The van der Waals surface area contributed by atoms with Gasteiger partial charge in [-0.3, -0.25) is 0 Å². The third kappa shape index (κ3) is 6.19. The van der Waals surface area contributed by atoms with Crippen molar-refractivity contribution in [2.24, 2.45) is 0 Å². The summed E-state index contributed by atoms with van der Waals surface area (Å²) < 4.78 is 18.8. The minimum Gasteiger partial charge on any atom is -0.497 e. The van der Waals surface area contributed by atoms with Crippen LogP contribution in [-0.4, -0.2) is 28.5 Å². The van der Waals surface area contributed by atoms with Crippen molar-refractivity contribution >= 4 is 39.9 Å². The van der Waals surface area contributed by atoms with E-state index in [9.17, 15) is 4.79 Å². The largest absolute Gasteiger partial charge is 0.497 e. The molecule has 0 atom stereocenters. The summed E-state index contributed by atoms with van der Waals surface area (Å²) in [5.41, 5.74) is 2.04. The number of nitrogens with zero attached hydrogens (tertiary/aromatic N) is 2. The second kappa shape index (κ2) is 10.6. The lowest BCUT2D eigenvalue weighted by Gasteiger charge is -2.19. The Kier molecular flexibility index (Phi) is 7.25. The Balaban J connectivity index is 1.53. The summed E-state index contributed by atoms with van der Waals surface area (Å²) in [5, 5.41) is 7.90. The smallest absolute Gasteiger partial charge is 0.338 e. The van der Waals surface area contributed by atoms with Crippen molar-refractivity contribution in [2.45, 2.75) is 26.4 Å². The Morgan fingerprint density at radius 3 is 2.10 bits per heavy atom. The molecule has 0 N–H and O–H groups in total. The topological polar surface area (TPSA) is 62.6 Å². The van der Waals surface area contributed by atoms with E-state index in [2.05, 4.69) is 0 Å².